The van der Waals surface area contributed by atoms with E-state index in [9.17, 15) is 0 Å². The van der Waals surface area contributed by atoms with E-state index in [4.69, 9.17) is 15.2 Å². The second-order valence-electron chi connectivity index (χ2n) is 3.70. The van der Waals surface area contributed by atoms with Gasteiger partial charge in [-0.25, -0.2) is 9.97 Å². The van der Waals surface area contributed by atoms with Crippen molar-refractivity contribution in [3.8, 4) is 11.5 Å². The number of para-hydroxylation sites is 2. The van der Waals surface area contributed by atoms with Gasteiger partial charge in [-0.1, -0.05) is 12.1 Å². The van der Waals surface area contributed by atoms with E-state index >= 15 is 0 Å². The highest BCUT2D eigenvalue weighted by atomic mass is 16.6. The van der Waals surface area contributed by atoms with Gasteiger partial charge in [0.15, 0.2) is 23.4 Å². The molecule has 2 heterocycles. The van der Waals surface area contributed by atoms with E-state index in [0.717, 1.165) is 5.75 Å². The summed E-state index contributed by atoms with van der Waals surface area (Å²) in [5, 5.41) is 0. The zero-order valence-corrected chi connectivity index (χ0v) is 9.04. The van der Waals surface area contributed by atoms with Gasteiger partial charge in [0, 0.05) is 6.20 Å². The number of aromatic nitrogens is 2. The third-order valence-electron chi connectivity index (χ3n) is 2.49. The second-order valence-corrected chi connectivity index (χ2v) is 3.70. The molecule has 1 aromatic carbocycles. The van der Waals surface area contributed by atoms with Crippen molar-refractivity contribution in [3.63, 3.8) is 0 Å². The molecule has 0 aliphatic carbocycles. The Morgan fingerprint density at radius 2 is 2.00 bits per heavy atom. The Hall–Kier alpha value is -2.30. The molecule has 0 saturated heterocycles. The van der Waals surface area contributed by atoms with Crippen LogP contribution in [0.25, 0.3) is 0 Å². The third kappa shape index (κ3) is 1.87. The van der Waals surface area contributed by atoms with Gasteiger partial charge in [-0.3, -0.25) is 0 Å². The van der Waals surface area contributed by atoms with E-state index in [2.05, 4.69) is 9.97 Å². The number of nitrogens with two attached hydrogens (primary N) is 1. The lowest BCUT2D eigenvalue weighted by molar-refractivity contribution is 0.0851. The molecule has 0 fully saturated rings. The van der Waals surface area contributed by atoms with Crippen LogP contribution in [-0.2, 0) is 0 Å². The molecule has 86 valence electrons. The van der Waals surface area contributed by atoms with Crippen LogP contribution in [-0.4, -0.2) is 16.6 Å². The Kier molecular flexibility index (Phi) is 2.29. The minimum Gasteiger partial charge on any atom is -0.485 e. The molecule has 1 atom stereocenters. The smallest absolute Gasteiger partial charge is 0.192 e. The van der Waals surface area contributed by atoms with Gasteiger partial charge in [-0.15, -0.1) is 0 Å². The number of hydrogen-bond donors (Lipinski definition) is 1. The Morgan fingerprint density at radius 3 is 2.82 bits per heavy atom. The van der Waals surface area contributed by atoms with E-state index < -0.39 is 0 Å². The monoisotopic (exact) mass is 229 g/mol. The lowest BCUT2D eigenvalue weighted by Gasteiger charge is -2.25. The summed E-state index contributed by atoms with van der Waals surface area (Å²) < 4.78 is 11.4. The summed E-state index contributed by atoms with van der Waals surface area (Å²) >= 11 is 0. The van der Waals surface area contributed by atoms with Crippen molar-refractivity contribution in [1.29, 1.82) is 0 Å². The van der Waals surface area contributed by atoms with E-state index in [-0.39, 0.29) is 6.10 Å². The quantitative estimate of drug-likeness (QED) is 0.803. The number of fused-ring (bicyclic) bond motifs is 1. The number of benzene rings is 1. The second kappa shape index (κ2) is 3.93. The topological polar surface area (TPSA) is 70.3 Å². The maximum absolute atomic E-state index is 5.77. The Balaban J connectivity index is 1.89. The van der Waals surface area contributed by atoms with Gasteiger partial charge in [0.25, 0.3) is 0 Å². The lowest BCUT2D eigenvalue weighted by atomic mass is 10.2. The van der Waals surface area contributed by atoms with E-state index in [1.165, 1.54) is 0 Å². The SMILES string of the molecule is Nc1ccnc(C2COc3ccccc3O2)n1. The molecule has 17 heavy (non-hydrogen) atoms. The summed E-state index contributed by atoms with van der Waals surface area (Å²) in [6.45, 7) is 0.389. The van der Waals surface area contributed by atoms with Crippen molar-refractivity contribution >= 4 is 5.82 Å². The molecule has 1 aliphatic heterocycles. The van der Waals surface area contributed by atoms with Gasteiger partial charge in [-0.05, 0) is 18.2 Å². The fraction of sp³-hybridized carbons (Fsp3) is 0.167. The molecule has 0 saturated carbocycles. The van der Waals surface area contributed by atoms with E-state index in [1.807, 2.05) is 24.3 Å². The molecule has 0 spiro atoms. The van der Waals surface area contributed by atoms with Crippen LogP contribution in [0.1, 0.15) is 11.9 Å². The van der Waals surface area contributed by atoms with Crippen LogP contribution >= 0.6 is 0 Å². The van der Waals surface area contributed by atoms with Gasteiger partial charge in [0.05, 0.1) is 0 Å². The van der Waals surface area contributed by atoms with Crippen molar-refractivity contribution in [2.45, 2.75) is 6.10 Å². The van der Waals surface area contributed by atoms with Gasteiger partial charge in [0.1, 0.15) is 12.4 Å². The number of rotatable bonds is 1. The zero-order valence-electron chi connectivity index (χ0n) is 9.04. The molecule has 0 radical (unpaired) electrons. The molecule has 0 bridgehead atoms. The Labute approximate surface area is 98.2 Å². The van der Waals surface area contributed by atoms with Crippen LogP contribution in [0.2, 0.25) is 0 Å². The highest BCUT2D eigenvalue weighted by Crippen LogP contribution is 2.34. The zero-order chi connectivity index (χ0) is 11.7. The molecule has 2 aromatic rings. The summed E-state index contributed by atoms with van der Waals surface area (Å²) in [5.74, 6) is 2.42. The molecule has 0 amide bonds. The molecule has 3 rings (SSSR count). The molecule has 5 nitrogen and oxygen atoms in total. The van der Waals surface area contributed by atoms with Crippen LogP contribution in [0.3, 0.4) is 0 Å². The number of nitrogen functional groups attached to an aromatic ring is 1. The van der Waals surface area contributed by atoms with Crippen LogP contribution < -0.4 is 15.2 Å². The third-order valence-corrected chi connectivity index (χ3v) is 2.49. The summed E-state index contributed by atoms with van der Waals surface area (Å²) in [4.78, 5) is 8.27. The minimum atomic E-state index is -0.312. The van der Waals surface area contributed by atoms with Crippen molar-refractivity contribution in [1.82, 2.24) is 9.97 Å². The van der Waals surface area contributed by atoms with Crippen molar-refractivity contribution in [3.05, 3.63) is 42.4 Å². The van der Waals surface area contributed by atoms with Gasteiger partial charge in [-0.2, -0.15) is 0 Å². The first-order valence-corrected chi connectivity index (χ1v) is 5.30. The first kappa shape index (κ1) is 9.89. The fourth-order valence-electron chi connectivity index (χ4n) is 1.69. The molecule has 1 aromatic heterocycles. The van der Waals surface area contributed by atoms with Gasteiger partial charge < -0.3 is 15.2 Å². The van der Waals surface area contributed by atoms with E-state index in [0.29, 0.717) is 24.0 Å². The van der Waals surface area contributed by atoms with E-state index in [1.54, 1.807) is 12.3 Å². The first-order chi connectivity index (χ1) is 8.33. The first-order valence-electron chi connectivity index (χ1n) is 5.30. The van der Waals surface area contributed by atoms with Crippen molar-refractivity contribution in [2.24, 2.45) is 0 Å². The largest absolute Gasteiger partial charge is 0.485 e. The summed E-state index contributed by atoms with van der Waals surface area (Å²) in [6.07, 6.45) is 1.30. The number of nitrogens with zero attached hydrogens (tertiary/aromatic N) is 2. The lowest BCUT2D eigenvalue weighted by Crippen LogP contribution is -2.23. The van der Waals surface area contributed by atoms with Crippen molar-refractivity contribution < 1.29 is 9.47 Å². The Bertz CT molecular complexity index is 545. The molecule has 2 N–H and O–H groups in total. The highest BCUT2D eigenvalue weighted by Gasteiger charge is 2.24. The van der Waals surface area contributed by atoms with Crippen molar-refractivity contribution in [2.75, 3.05) is 12.3 Å². The maximum Gasteiger partial charge on any atom is 0.192 e. The fourth-order valence-corrected chi connectivity index (χ4v) is 1.69. The standard InChI is InChI=1S/C12H11N3O2/c13-11-5-6-14-12(15-11)10-7-16-8-3-1-2-4-9(8)17-10/h1-6,10H,7H2,(H2,13,14,15). The van der Waals surface area contributed by atoms with Crippen LogP contribution in [0.5, 0.6) is 11.5 Å². The highest BCUT2D eigenvalue weighted by molar-refractivity contribution is 5.41. The summed E-state index contributed by atoms with van der Waals surface area (Å²) in [6, 6.07) is 9.16. The summed E-state index contributed by atoms with van der Waals surface area (Å²) in [5.41, 5.74) is 5.61. The number of ether oxygens (including phenoxy) is 2. The average Bonchev–Trinajstić information content (AvgIpc) is 2.38. The molecule has 1 unspecified atom stereocenters. The molecular weight excluding hydrogens is 218 g/mol. The van der Waals surface area contributed by atoms with Crippen LogP contribution in [0.15, 0.2) is 36.5 Å². The van der Waals surface area contributed by atoms with Crippen LogP contribution in [0.4, 0.5) is 5.82 Å². The normalized spacial score (nSPS) is 17.8. The summed E-state index contributed by atoms with van der Waals surface area (Å²) in [7, 11) is 0. The average molecular weight is 229 g/mol. The van der Waals surface area contributed by atoms with Gasteiger partial charge in [0.2, 0.25) is 0 Å². The molecule has 1 aliphatic rings. The number of anilines is 1. The Morgan fingerprint density at radius 1 is 1.18 bits per heavy atom. The van der Waals surface area contributed by atoms with Crippen LogP contribution in [0, 0.1) is 0 Å². The molecular formula is C12H11N3O2. The number of hydrogen-bond acceptors (Lipinski definition) is 5. The maximum atomic E-state index is 5.77. The minimum absolute atomic E-state index is 0.312. The molecule has 5 heteroatoms. The van der Waals surface area contributed by atoms with Gasteiger partial charge >= 0.3 is 0 Å². The predicted octanol–water partition coefficient (Wildman–Crippen LogP) is 1.57. The predicted molar refractivity (Wildman–Crippen MR) is 61.8 cm³/mol.